The maximum Gasteiger partial charge on any atom is 0.230 e. The van der Waals surface area contributed by atoms with Gasteiger partial charge in [-0.2, -0.15) is 5.10 Å². The predicted molar refractivity (Wildman–Crippen MR) is 141 cm³/mol. The lowest BCUT2D eigenvalue weighted by molar-refractivity contribution is -0.138. The highest BCUT2D eigenvalue weighted by molar-refractivity contribution is 14.0. The average molecular weight is 553 g/mol. The Kier molecular flexibility index (Phi) is 9.54. The standard InChI is InChI=1S/C24H36N6O.HI/c1-6-25-23(27-17-24(14-10-11-15-24)22(31)29(4)5)26-16-21-18(2)28-30(19(21)3)20-12-8-7-9-13-20;/h7-9,12-13H,6,10-11,14-17H2,1-5H3,(H2,25,26,27);1H. The van der Waals surface area contributed by atoms with Gasteiger partial charge < -0.3 is 15.5 Å². The fourth-order valence-electron chi connectivity index (χ4n) is 4.47. The molecular formula is C24H37IN6O. The lowest BCUT2D eigenvalue weighted by Gasteiger charge is -2.31. The molecule has 7 nitrogen and oxygen atoms in total. The Bertz CT molecular complexity index is 916. The van der Waals surface area contributed by atoms with E-state index in [9.17, 15) is 4.79 Å². The topological polar surface area (TPSA) is 74.5 Å². The molecule has 176 valence electrons. The van der Waals surface area contributed by atoms with E-state index < -0.39 is 0 Å². The van der Waals surface area contributed by atoms with Gasteiger partial charge in [0.05, 0.1) is 23.3 Å². The van der Waals surface area contributed by atoms with Crippen LogP contribution < -0.4 is 10.6 Å². The number of carbonyl (C=O) groups is 1. The van der Waals surface area contributed by atoms with Crippen molar-refractivity contribution in [1.82, 2.24) is 25.3 Å². The lowest BCUT2D eigenvalue weighted by atomic mass is 9.84. The summed E-state index contributed by atoms with van der Waals surface area (Å²) in [5.41, 5.74) is 3.92. The first-order valence-corrected chi connectivity index (χ1v) is 11.2. The minimum absolute atomic E-state index is 0. The molecule has 8 heteroatoms. The second-order valence-electron chi connectivity index (χ2n) is 8.63. The van der Waals surface area contributed by atoms with Crippen molar-refractivity contribution in [3.05, 3.63) is 47.3 Å². The Morgan fingerprint density at radius 2 is 1.81 bits per heavy atom. The first-order valence-electron chi connectivity index (χ1n) is 11.2. The summed E-state index contributed by atoms with van der Waals surface area (Å²) in [6, 6.07) is 10.2. The van der Waals surface area contributed by atoms with E-state index in [2.05, 4.69) is 36.6 Å². The number of para-hydroxylation sites is 1. The number of aliphatic imine (C=N–C) groups is 1. The maximum absolute atomic E-state index is 12.9. The molecule has 1 amide bonds. The Balaban J connectivity index is 0.00000363. The quantitative estimate of drug-likeness (QED) is 0.311. The normalized spacial score (nSPS) is 15.2. The van der Waals surface area contributed by atoms with Crippen LogP contribution in [0.15, 0.2) is 35.3 Å². The fourth-order valence-corrected chi connectivity index (χ4v) is 4.47. The molecule has 1 fully saturated rings. The Morgan fingerprint density at radius 1 is 1.16 bits per heavy atom. The number of aromatic nitrogens is 2. The lowest BCUT2D eigenvalue weighted by Crippen LogP contribution is -2.49. The first kappa shape index (κ1) is 26.2. The van der Waals surface area contributed by atoms with Gasteiger partial charge in [-0.05, 0) is 45.7 Å². The van der Waals surface area contributed by atoms with Crippen molar-refractivity contribution in [1.29, 1.82) is 0 Å². The third-order valence-electron chi connectivity index (χ3n) is 6.20. The summed E-state index contributed by atoms with van der Waals surface area (Å²) >= 11 is 0. The van der Waals surface area contributed by atoms with Crippen molar-refractivity contribution in [2.75, 3.05) is 27.2 Å². The Labute approximate surface area is 209 Å². The van der Waals surface area contributed by atoms with E-state index in [-0.39, 0.29) is 35.3 Å². The van der Waals surface area contributed by atoms with Gasteiger partial charge in [-0.25, -0.2) is 9.67 Å². The third kappa shape index (κ3) is 5.82. The SMILES string of the molecule is CCNC(=NCc1c(C)nn(-c2ccccc2)c1C)NCC1(C(=O)N(C)C)CCCC1.I. The summed E-state index contributed by atoms with van der Waals surface area (Å²) in [7, 11) is 3.69. The van der Waals surface area contributed by atoms with E-state index >= 15 is 0 Å². The highest BCUT2D eigenvalue weighted by Crippen LogP contribution is 2.38. The van der Waals surface area contributed by atoms with Crippen LogP contribution >= 0.6 is 24.0 Å². The van der Waals surface area contributed by atoms with Crippen LogP contribution in [0.5, 0.6) is 0 Å². The molecule has 0 unspecified atom stereocenters. The number of hydrogen-bond donors (Lipinski definition) is 2. The fraction of sp³-hybridized carbons (Fsp3) is 0.542. The average Bonchev–Trinajstić information content (AvgIpc) is 3.35. The Hall–Kier alpha value is -2.10. The second-order valence-corrected chi connectivity index (χ2v) is 8.63. The van der Waals surface area contributed by atoms with Gasteiger partial charge in [0, 0.05) is 38.4 Å². The van der Waals surface area contributed by atoms with Crippen molar-refractivity contribution in [3.8, 4) is 5.69 Å². The van der Waals surface area contributed by atoms with Gasteiger partial charge in [-0.3, -0.25) is 4.79 Å². The monoisotopic (exact) mass is 552 g/mol. The first-order chi connectivity index (χ1) is 14.9. The van der Waals surface area contributed by atoms with E-state index in [1.54, 1.807) is 4.90 Å². The molecule has 0 saturated heterocycles. The number of halogens is 1. The van der Waals surface area contributed by atoms with Crippen LogP contribution in [-0.2, 0) is 11.3 Å². The third-order valence-corrected chi connectivity index (χ3v) is 6.20. The molecule has 1 aliphatic carbocycles. The largest absolute Gasteiger partial charge is 0.357 e. The molecule has 0 spiro atoms. The molecule has 0 atom stereocenters. The zero-order valence-corrected chi connectivity index (χ0v) is 22.3. The van der Waals surface area contributed by atoms with E-state index in [4.69, 9.17) is 10.1 Å². The van der Waals surface area contributed by atoms with Crippen molar-refractivity contribution >= 4 is 35.8 Å². The number of carbonyl (C=O) groups excluding carboxylic acids is 1. The predicted octanol–water partition coefficient (Wildman–Crippen LogP) is 3.81. The molecule has 0 aliphatic heterocycles. The summed E-state index contributed by atoms with van der Waals surface area (Å²) in [6.45, 7) is 8.08. The number of rotatable bonds is 7. The molecule has 0 radical (unpaired) electrons. The smallest absolute Gasteiger partial charge is 0.230 e. The summed E-state index contributed by atoms with van der Waals surface area (Å²) < 4.78 is 1.98. The summed E-state index contributed by atoms with van der Waals surface area (Å²) in [5, 5.41) is 11.5. The van der Waals surface area contributed by atoms with Gasteiger partial charge in [-0.15, -0.1) is 24.0 Å². The number of hydrogen-bond acceptors (Lipinski definition) is 3. The van der Waals surface area contributed by atoms with Crippen LogP contribution in [0.1, 0.15) is 49.6 Å². The summed E-state index contributed by atoms with van der Waals surface area (Å²) in [6.07, 6.45) is 4.06. The number of nitrogens with one attached hydrogen (secondary N) is 2. The van der Waals surface area contributed by atoms with E-state index in [0.29, 0.717) is 13.1 Å². The number of benzene rings is 1. The van der Waals surface area contributed by atoms with Crippen LogP contribution in [0.4, 0.5) is 0 Å². The van der Waals surface area contributed by atoms with E-state index in [0.717, 1.165) is 60.8 Å². The highest BCUT2D eigenvalue weighted by atomic mass is 127. The number of nitrogens with zero attached hydrogens (tertiary/aromatic N) is 4. The minimum Gasteiger partial charge on any atom is -0.357 e. The van der Waals surface area contributed by atoms with Gasteiger partial charge in [0.15, 0.2) is 5.96 Å². The van der Waals surface area contributed by atoms with Crippen LogP contribution in [0.3, 0.4) is 0 Å². The van der Waals surface area contributed by atoms with Crippen molar-refractivity contribution < 1.29 is 4.79 Å². The van der Waals surface area contributed by atoms with Crippen molar-refractivity contribution in [2.45, 2.75) is 53.0 Å². The van der Waals surface area contributed by atoms with Crippen LogP contribution in [0.25, 0.3) is 5.69 Å². The second kappa shape index (κ2) is 11.7. The van der Waals surface area contributed by atoms with Crippen molar-refractivity contribution in [2.24, 2.45) is 10.4 Å². The molecule has 1 heterocycles. The highest BCUT2D eigenvalue weighted by Gasteiger charge is 2.42. The van der Waals surface area contributed by atoms with Gasteiger partial charge in [0.2, 0.25) is 5.91 Å². The zero-order valence-electron chi connectivity index (χ0n) is 19.9. The van der Waals surface area contributed by atoms with Gasteiger partial charge in [-0.1, -0.05) is 31.0 Å². The number of amides is 1. The van der Waals surface area contributed by atoms with Crippen molar-refractivity contribution in [3.63, 3.8) is 0 Å². The van der Waals surface area contributed by atoms with Gasteiger partial charge in [0.25, 0.3) is 0 Å². The summed E-state index contributed by atoms with van der Waals surface area (Å²) in [5.74, 6) is 0.954. The molecule has 1 aromatic carbocycles. The Morgan fingerprint density at radius 3 is 2.41 bits per heavy atom. The van der Waals surface area contributed by atoms with Gasteiger partial charge in [0.1, 0.15) is 0 Å². The zero-order chi connectivity index (χ0) is 22.4. The number of aryl methyl sites for hydroxylation is 1. The van der Waals surface area contributed by atoms with Gasteiger partial charge >= 0.3 is 0 Å². The summed E-state index contributed by atoms with van der Waals surface area (Å²) in [4.78, 5) is 19.4. The number of guanidine groups is 1. The van der Waals surface area contributed by atoms with Crippen LogP contribution in [0, 0.1) is 19.3 Å². The maximum atomic E-state index is 12.9. The molecule has 1 saturated carbocycles. The molecule has 1 aliphatic rings. The van der Waals surface area contributed by atoms with E-state index in [1.165, 1.54) is 0 Å². The molecule has 32 heavy (non-hydrogen) atoms. The molecule has 1 aromatic heterocycles. The van der Waals surface area contributed by atoms with Crippen LogP contribution in [0.2, 0.25) is 0 Å². The van der Waals surface area contributed by atoms with E-state index in [1.807, 2.05) is 43.9 Å². The van der Waals surface area contributed by atoms with Crippen LogP contribution in [-0.4, -0.2) is 53.7 Å². The molecule has 2 aromatic rings. The molecule has 2 N–H and O–H groups in total. The molecule has 0 bridgehead atoms. The molecular weight excluding hydrogens is 515 g/mol. The molecule has 3 rings (SSSR count). The minimum atomic E-state index is -0.330.